The van der Waals surface area contributed by atoms with Crippen molar-refractivity contribution in [1.29, 1.82) is 0 Å². The number of aromatic amines is 2. The molecule has 0 saturated carbocycles. The standard InChI is InChI=1S/C45H57N5/c1-11-17-19-34-28(9)38-21-36-26(7)30(13-3)40(46-36)23-42-32(15-5)33(16-6)43(50-42)24-41-31(14-4)27(8)37(47-41)22-39-29(10)35(20-18-12-2)45(49-39)25-44(34)48-38/h21-25,46,50H,11-20H2,1-10H3. The van der Waals surface area contributed by atoms with Gasteiger partial charge < -0.3 is 9.97 Å². The number of allylic oxidation sites excluding steroid dienone is 6. The molecule has 3 aromatic heterocycles. The number of unbranched alkanes of at least 4 members (excludes halogenated alkanes) is 2. The van der Waals surface area contributed by atoms with Gasteiger partial charge in [-0.05, 0) is 165 Å². The third-order valence-electron chi connectivity index (χ3n) is 11.3. The predicted octanol–water partition coefficient (Wildman–Crippen LogP) is 12.7. The van der Waals surface area contributed by atoms with Gasteiger partial charge in [0.05, 0.1) is 34.2 Å². The van der Waals surface area contributed by atoms with Crippen molar-refractivity contribution in [3.05, 3.63) is 86.7 Å². The first-order chi connectivity index (χ1) is 24.2. The molecule has 0 saturated heterocycles. The molecule has 10 bridgehead atoms. The Morgan fingerprint density at radius 1 is 0.420 bits per heavy atom. The summed E-state index contributed by atoms with van der Waals surface area (Å²) in [6.45, 7) is 22.6. The van der Waals surface area contributed by atoms with Crippen LogP contribution in [0.4, 0.5) is 0 Å². The van der Waals surface area contributed by atoms with Crippen molar-refractivity contribution in [2.75, 3.05) is 0 Å². The smallest absolute Gasteiger partial charge is 0.0694 e. The van der Waals surface area contributed by atoms with E-state index in [0.717, 1.165) is 104 Å². The van der Waals surface area contributed by atoms with Gasteiger partial charge in [-0.25, -0.2) is 15.0 Å². The van der Waals surface area contributed by atoms with E-state index in [2.05, 4.69) is 110 Å². The van der Waals surface area contributed by atoms with Crippen molar-refractivity contribution in [3.63, 3.8) is 0 Å². The molecule has 0 fully saturated rings. The minimum absolute atomic E-state index is 0.931. The van der Waals surface area contributed by atoms with E-state index in [0.29, 0.717) is 0 Å². The summed E-state index contributed by atoms with van der Waals surface area (Å²) in [6.07, 6.45) is 10.4. The highest BCUT2D eigenvalue weighted by atomic mass is 14.8. The molecule has 0 aliphatic carbocycles. The van der Waals surface area contributed by atoms with Crippen LogP contribution in [0.25, 0.3) is 55.5 Å². The third-order valence-corrected chi connectivity index (χ3v) is 11.3. The van der Waals surface area contributed by atoms with Crippen LogP contribution in [0, 0.1) is 6.92 Å². The average Bonchev–Trinajstić information content (AvgIpc) is 3.85. The Morgan fingerprint density at radius 2 is 0.820 bits per heavy atom. The fraction of sp³-hybridized carbons (Fsp3) is 0.444. The molecule has 3 aliphatic heterocycles. The van der Waals surface area contributed by atoms with Gasteiger partial charge in [0, 0.05) is 22.1 Å². The highest BCUT2D eigenvalue weighted by molar-refractivity contribution is 5.96. The lowest BCUT2D eigenvalue weighted by atomic mass is 9.97. The van der Waals surface area contributed by atoms with Gasteiger partial charge in [0.15, 0.2) is 0 Å². The Balaban J connectivity index is 1.79. The molecule has 0 spiro atoms. The van der Waals surface area contributed by atoms with E-state index in [4.69, 9.17) is 15.0 Å². The molecule has 262 valence electrons. The molecule has 5 nitrogen and oxygen atoms in total. The second-order valence-corrected chi connectivity index (χ2v) is 14.3. The van der Waals surface area contributed by atoms with Crippen LogP contribution in [0.2, 0.25) is 0 Å². The van der Waals surface area contributed by atoms with E-state index in [1.54, 1.807) is 0 Å². The van der Waals surface area contributed by atoms with Gasteiger partial charge in [-0.1, -0.05) is 54.4 Å². The van der Waals surface area contributed by atoms with Gasteiger partial charge in [-0.15, -0.1) is 0 Å². The molecular weight excluding hydrogens is 611 g/mol. The number of rotatable bonds is 10. The molecule has 50 heavy (non-hydrogen) atoms. The predicted molar refractivity (Wildman–Crippen MR) is 216 cm³/mol. The van der Waals surface area contributed by atoms with Crippen LogP contribution in [0.15, 0.2) is 30.3 Å². The summed E-state index contributed by atoms with van der Waals surface area (Å²) >= 11 is 0. The van der Waals surface area contributed by atoms with Crippen molar-refractivity contribution in [1.82, 2.24) is 24.9 Å². The number of aryl methyl sites for hydroxylation is 4. The third kappa shape index (κ3) is 6.40. The lowest BCUT2D eigenvalue weighted by Crippen LogP contribution is -1.88. The number of hydrogen-bond acceptors (Lipinski definition) is 3. The maximum atomic E-state index is 5.36. The molecule has 0 unspecified atom stereocenters. The largest absolute Gasteiger partial charge is 0.355 e. The van der Waals surface area contributed by atoms with E-state index < -0.39 is 0 Å². The van der Waals surface area contributed by atoms with Crippen LogP contribution in [0.1, 0.15) is 164 Å². The van der Waals surface area contributed by atoms with Gasteiger partial charge >= 0.3 is 0 Å². The van der Waals surface area contributed by atoms with Crippen molar-refractivity contribution in [3.8, 4) is 0 Å². The molecule has 0 atom stereocenters. The lowest BCUT2D eigenvalue weighted by Gasteiger charge is -2.06. The van der Waals surface area contributed by atoms with Crippen LogP contribution >= 0.6 is 0 Å². The van der Waals surface area contributed by atoms with Gasteiger partial charge in [0.1, 0.15) is 0 Å². The Kier molecular flexibility index (Phi) is 10.6. The molecule has 3 aromatic rings. The summed E-state index contributed by atoms with van der Waals surface area (Å²) in [6, 6.07) is 11.4. The zero-order chi connectivity index (χ0) is 35.7. The van der Waals surface area contributed by atoms with Gasteiger partial charge in [0.2, 0.25) is 0 Å². The van der Waals surface area contributed by atoms with Crippen LogP contribution in [0.3, 0.4) is 0 Å². The molecule has 5 heteroatoms. The van der Waals surface area contributed by atoms with Gasteiger partial charge in [-0.2, -0.15) is 0 Å². The highest BCUT2D eigenvalue weighted by Gasteiger charge is 2.23. The average molecular weight is 668 g/mol. The van der Waals surface area contributed by atoms with E-state index in [-0.39, 0.29) is 0 Å². The van der Waals surface area contributed by atoms with Crippen LogP contribution in [0.5, 0.6) is 0 Å². The summed E-state index contributed by atoms with van der Waals surface area (Å²) in [5.74, 6) is 0. The number of fused-ring (bicyclic) bond motifs is 10. The molecule has 0 aromatic carbocycles. The van der Waals surface area contributed by atoms with Crippen LogP contribution < -0.4 is 0 Å². The maximum absolute atomic E-state index is 5.36. The van der Waals surface area contributed by atoms with Gasteiger partial charge in [0.25, 0.3) is 0 Å². The molecule has 3 aliphatic rings. The summed E-state index contributed by atoms with van der Waals surface area (Å²) in [5.41, 5.74) is 24.2. The summed E-state index contributed by atoms with van der Waals surface area (Å²) in [4.78, 5) is 23.7. The van der Waals surface area contributed by atoms with Crippen molar-refractivity contribution in [2.45, 2.75) is 133 Å². The monoisotopic (exact) mass is 667 g/mol. The number of aromatic nitrogens is 5. The zero-order valence-corrected chi connectivity index (χ0v) is 32.3. The first kappa shape index (κ1) is 35.6. The fourth-order valence-electron chi connectivity index (χ4n) is 8.20. The molecule has 6 heterocycles. The van der Waals surface area contributed by atoms with E-state index in [1.165, 1.54) is 72.2 Å². The zero-order valence-electron chi connectivity index (χ0n) is 32.3. The SMILES string of the molecule is CCCCC1=C(C)c2cc3nc(cc4[nH]c(cc5[nH]c(cc6nc(cc1n2)C(CCCC)=C6C)c(C)c5CC)c(CC)c4CC)C(CC)=C3C. The van der Waals surface area contributed by atoms with Crippen molar-refractivity contribution in [2.24, 2.45) is 0 Å². The van der Waals surface area contributed by atoms with E-state index in [9.17, 15) is 0 Å². The molecular formula is C45H57N5. The van der Waals surface area contributed by atoms with Crippen molar-refractivity contribution >= 4 is 55.5 Å². The number of H-pyrrole nitrogens is 2. The Morgan fingerprint density at radius 3 is 1.32 bits per heavy atom. The first-order valence-corrected chi connectivity index (χ1v) is 19.3. The number of hydrogen-bond donors (Lipinski definition) is 2. The topological polar surface area (TPSA) is 70.2 Å². The molecule has 2 N–H and O–H groups in total. The highest BCUT2D eigenvalue weighted by Crippen LogP contribution is 2.39. The number of nitrogens with one attached hydrogen (secondary N) is 2. The van der Waals surface area contributed by atoms with Crippen LogP contribution in [-0.2, 0) is 19.3 Å². The van der Waals surface area contributed by atoms with Crippen molar-refractivity contribution < 1.29 is 0 Å². The Hall–Kier alpha value is -4.25. The minimum Gasteiger partial charge on any atom is -0.355 e. The summed E-state index contributed by atoms with van der Waals surface area (Å²) in [5, 5.41) is 0. The maximum Gasteiger partial charge on any atom is 0.0694 e. The first-order valence-electron chi connectivity index (χ1n) is 19.3. The Labute approximate surface area is 299 Å². The fourth-order valence-corrected chi connectivity index (χ4v) is 8.20. The minimum atomic E-state index is 0.931. The summed E-state index contributed by atoms with van der Waals surface area (Å²) < 4.78 is 0. The lowest BCUT2D eigenvalue weighted by molar-refractivity contribution is 0.822. The second-order valence-electron chi connectivity index (χ2n) is 14.3. The van der Waals surface area contributed by atoms with E-state index >= 15 is 0 Å². The quantitative estimate of drug-likeness (QED) is 0.226. The van der Waals surface area contributed by atoms with Gasteiger partial charge in [-0.3, -0.25) is 0 Å². The number of nitrogens with zero attached hydrogens (tertiary/aromatic N) is 3. The molecule has 6 rings (SSSR count). The molecule has 0 amide bonds. The summed E-state index contributed by atoms with van der Waals surface area (Å²) in [7, 11) is 0. The van der Waals surface area contributed by atoms with E-state index in [1.807, 2.05) is 0 Å². The normalized spacial score (nSPS) is 14.0. The van der Waals surface area contributed by atoms with Crippen LogP contribution in [-0.4, -0.2) is 24.9 Å². The second kappa shape index (κ2) is 14.9. The molecule has 0 radical (unpaired) electrons. The Bertz CT molecular complexity index is 2160.